The van der Waals surface area contributed by atoms with Crippen molar-refractivity contribution in [2.24, 2.45) is 17.8 Å². The molecule has 0 aromatic heterocycles. The molecule has 4 aliphatic heterocycles. The van der Waals surface area contributed by atoms with Crippen LogP contribution in [0.25, 0.3) is 0 Å². The number of hydrogen-bond acceptors (Lipinski definition) is 8. The zero-order valence-electron chi connectivity index (χ0n) is 27.4. The molecule has 0 radical (unpaired) electrons. The minimum atomic E-state index is -0.353. The molecule has 8 nitrogen and oxygen atoms in total. The molecule has 42 heavy (non-hydrogen) atoms. The molecule has 12 atom stereocenters. The smallest absolute Gasteiger partial charge is 0.311 e. The molecule has 4 saturated heterocycles. The molecule has 4 bridgehead atoms. The Morgan fingerprint density at radius 1 is 0.738 bits per heavy atom. The molecule has 0 spiro atoms. The van der Waals surface area contributed by atoms with Gasteiger partial charge in [0.25, 0.3) is 0 Å². The van der Waals surface area contributed by atoms with Crippen LogP contribution in [0.15, 0.2) is 0 Å². The van der Waals surface area contributed by atoms with E-state index in [1.807, 2.05) is 13.8 Å². The zero-order valence-corrected chi connectivity index (χ0v) is 27.4. The first-order valence-corrected chi connectivity index (χ1v) is 17.1. The second-order valence-electron chi connectivity index (χ2n) is 14.0. The first-order valence-electron chi connectivity index (χ1n) is 17.1. The molecule has 0 unspecified atom stereocenters. The van der Waals surface area contributed by atoms with Crippen molar-refractivity contribution in [1.82, 2.24) is 4.90 Å². The van der Waals surface area contributed by atoms with Gasteiger partial charge in [-0.15, -0.1) is 0 Å². The molecule has 4 fully saturated rings. The van der Waals surface area contributed by atoms with E-state index >= 15 is 0 Å². The maximum absolute atomic E-state index is 13.6. The predicted octanol–water partition coefficient (Wildman–Crippen LogP) is 6.08. The highest BCUT2D eigenvalue weighted by Gasteiger charge is 2.43. The van der Waals surface area contributed by atoms with Crippen molar-refractivity contribution in [2.75, 3.05) is 14.1 Å². The van der Waals surface area contributed by atoms with Gasteiger partial charge in [-0.3, -0.25) is 9.59 Å². The molecule has 4 heterocycles. The standard InChI is InChI=1S/C34H59NO7/c1-8-10-24(35(6)7)18-26-12-15-29(38-26)21(3)32-20-28-14-17-30(40-28)22(4)33(36)41-25(11-9-2)19-27-13-16-31(39-27)23(5)34(37)42-32/h21-32H,8-20H2,1-7H3/t21-,22-,23-,24-,25-,26+,27+,28+,29-,30-,31-,32-/m1/s1. The van der Waals surface area contributed by atoms with Crippen LogP contribution in [0.5, 0.6) is 0 Å². The Morgan fingerprint density at radius 3 is 1.95 bits per heavy atom. The number of cyclic esters (lactones) is 2. The van der Waals surface area contributed by atoms with Gasteiger partial charge in [-0.1, -0.05) is 33.6 Å². The molecule has 0 aromatic carbocycles. The number of fused-ring (bicyclic) bond motifs is 4. The minimum Gasteiger partial charge on any atom is -0.462 e. The third-order valence-corrected chi connectivity index (χ3v) is 10.5. The highest BCUT2D eigenvalue weighted by Crippen LogP contribution is 2.37. The van der Waals surface area contributed by atoms with Crippen LogP contribution in [-0.4, -0.2) is 85.8 Å². The van der Waals surface area contributed by atoms with Crippen LogP contribution in [0, 0.1) is 17.8 Å². The molecule has 0 aliphatic carbocycles. The maximum atomic E-state index is 13.6. The Labute approximate surface area is 254 Å². The molecule has 4 rings (SSSR count). The summed E-state index contributed by atoms with van der Waals surface area (Å²) < 4.78 is 31.9. The molecular formula is C34H59NO7. The second-order valence-corrected chi connectivity index (χ2v) is 14.0. The predicted molar refractivity (Wildman–Crippen MR) is 162 cm³/mol. The van der Waals surface area contributed by atoms with Crippen LogP contribution in [0.3, 0.4) is 0 Å². The number of rotatable bonds is 9. The van der Waals surface area contributed by atoms with E-state index in [2.05, 4.69) is 39.8 Å². The first-order chi connectivity index (χ1) is 20.1. The molecule has 0 N–H and O–H groups in total. The molecule has 0 saturated carbocycles. The number of ether oxygens (including phenoxy) is 5. The third-order valence-electron chi connectivity index (χ3n) is 10.5. The summed E-state index contributed by atoms with van der Waals surface area (Å²) >= 11 is 0. The summed E-state index contributed by atoms with van der Waals surface area (Å²) in [6.45, 7) is 10.4. The summed E-state index contributed by atoms with van der Waals surface area (Å²) in [6.07, 6.45) is 11.1. The normalized spacial score (nSPS) is 39.7. The molecule has 0 aromatic rings. The lowest BCUT2D eigenvalue weighted by atomic mass is 9.90. The van der Waals surface area contributed by atoms with Gasteiger partial charge in [0.15, 0.2) is 0 Å². The van der Waals surface area contributed by atoms with Crippen molar-refractivity contribution in [3.8, 4) is 0 Å². The van der Waals surface area contributed by atoms with Crippen LogP contribution in [-0.2, 0) is 33.3 Å². The fraction of sp³-hybridized carbons (Fsp3) is 0.941. The highest BCUT2D eigenvalue weighted by atomic mass is 16.6. The van der Waals surface area contributed by atoms with Gasteiger partial charge in [0.2, 0.25) is 0 Å². The lowest BCUT2D eigenvalue weighted by molar-refractivity contribution is -0.169. The van der Waals surface area contributed by atoms with Crippen molar-refractivity contribution in [1.29, 1.82) is 0 Å². The zero-order chi connectivity index (χ0) is 30.4. The van der Waals surface area contributed by atoms with Crippen molar-refractivity contribution < 1.29 is 33.3 Å². The Kier molecular flexibility index (Phi) is 12.6. The molecule has 0 amide bonds. The summed E-state index contributed by atoms with van der Waals surface area (Å²) in [4.78, 5) is 29.1. The number of carbonyl (C=O) groups excluding carboxylic acids is 2. The fourth-order valence-corrected chi connectivity index (χ4v) is 7.61. The Morgan fingerprint density at radius 2 is 1.36 bits per heavy atom. The van der Waals surface area contributed by atoms with E-state index in [0.717, 1.165) is 64.2 Å². The summed E-state index contributed by atoms with van der Waals surface area (Å²) in [6, 6.07) is 0.514. The largest absolute Gasteiger partial charge is 0.462 e. The lowest BCUT2D eigenvalue weighted by Crippen LogP contribution is -2.40. The number of nitrogens with zero attached hydrogens (tertiary/aromatic N) is 1. The average molecular weight is 594 g/mol. The highest BCUT2D eigenvalue weighted by molar-refractivity contribution is 5.73. The minimum absolute atomic E-state index is 0.0119. The topological polar surface area (TPSA) is 83.5 Å². The van der Waals surface area contributed by atoms with Gasteiger partial charge in [-0.25, -0.2) is 0 Å². The van der Waals surface area contributed by atoms with E-state index in [1.165, 1.54) is 6.42 Å². The molecule has 242 valence electrons. The van der Waals surface area contributed by atoms with E-state index in [9.17, 15) is 9.59 Å². The van der Waals surface area contributed by atoms with Crippen molar-refractivity contribution in [2.45, 2.75) is 173 Å². The Bertz CT molecular complexity index is 867. The quantitative estimate of drug-likeness (QED) is 0.298. The number of carbonyl (C=O) groups is 2. The van der Waals surface area contributed by atoms with Crippen LogP contribution in [0.4, 0.5) is 0 Å². The van der Waals surface area contributed by atoms with Crippen molar-refractivity contribution in [3.05, 3.63) is 0 Å². The average Bonchev–Trinajstić information content (AvgIpc) is 3.72. The Hall–Kier alpha value is -1.22. The summed E-state index contributed by atoms with van der Waals surface area (Å²) in [7, 11) is 4.31. The van der Waals surface area contributed by atoms with E-state index < -0.39 is 0 Å². The maximum Gasteiger partial charge on any atom is 0.311 e. The molecule has 4 aliphatic rings. The van der Waals surface area contributed by atoms with Crippen LogP contribution >= 0.6 is 0 Å². The molecule has 8 heteroatoms. The van der Waals surface area contributed by atoms with Gasteiger partial charge in [-0.05, 0) is 85.7 Å². The first kappa shape index (κ1) is 33.7. The van der Waals surface area contributed by atoms with Gasteiger partial charge in [0.05, 0.1) is 48.5 Å². The van der Waals surface area contributed by atoms with Crippen LogP contribution in [0.1, 0.15) is 118 Å². The summed E-state index contributed by atoms with van der Waals surface area (Å²) in [5, 5.41) is 0. The lowest BCUT2D eigenvalue weighted by Gasteiger charge is -2.33. The van der Waals surface area contributed by atoms with E-state index in [4.69, 9.17) is 23.7 Å². The van der Waals surface area contributed by atoms with Gasteiger partial charge in [0, 0.05) is 24.8 Å². The number of hydrogen-bond donors (Lipinski definition) is 0. The fourth-order valence-electron chi connectivity index (χ4n) is 7.61. The SMILES string of the molecule is CCC[C@@H]1C[C@@H]2CC[C@@H](O2)[C@@H](C)C(=O)O[C@@H]([C@H](C)[C@H]2CC[C@@H](C[C@@H](CCC)N(C)C)O2)C[C@@H]2CC[C@@H](O2)[C@@H](C)C(=O)O1. The molecular weight excluding hydrogens is 534 g/mol. The van der Waals surface area contributed by atoms with E-state index in [-0.39, 0.29) is 78.5 Å². The summed E-state index contributed by atoms with van der Waals surface area (Å²) in [5.74, 6) is -0.992. The van der Waals surface area contributed by atoms with Crippen LogP contribution in [0.2, 0.25) is 0 Å². The van der Waals surface area contributed by atoms with Gasteiger partial charge in [-0.2, -0.15) is 0 Å². The number of esters is 2. The van der Waals surface area contributed by atoms with Crippen molar-refractivity contribution in [3.63, 3.8) is 0 Å². The van der Waals surface area contributed by atoms with E-state index in [0.29, 0.717) is 18.9 Å². The van der Waals surface area contributed by atoms with Crippen molar-refractivity contribution >= 4 is 11.9 Å². The van der Waals surface area contributed by atoms with Gasteiger partial charge < -0.3 is 28.6 Å². The van der Waals surface area contributed by atoms with Gasteiger partial charge >= 0.3 is 11.9 Å². The monoisotopic (exact) mass is 593 g/mol. The Balaban J connectivity index is 1.47. The van der Waals surface area contributed by atoms with Gasteiger partial charge in [0.1, 0.15) is 12.2 Å². The second kappa shape index (κ2) is 15.7. The van der Waals surface area contributed by atoms with Crippen LogP contribution < -0.4 is 0 Å². The third kappa shape index (κ3) is 8.70. The van der Waals surface area contributed by atoms with E-state index in [1.54, 1.807) is 0 Å². The summed E-state index contributed by atoms with van der Waals surface area (Å²) in [5.41, 5.74) is 0.